The van der Waals surface area contributed by atoms with E-state index in [2.05, 4.69) is 5.32 Å². The van der Waals surface area contributed by atoms with E-state index >= 15 is 0 Å². The summed E-state index contributed by atoms with van der Waals surface area (Å²) in [7, 11) is 0. The van der Waals surface area contributed by atoms with Gasteiger partial charge < -0.3 is 16.2 Å². The zero-order chi connectivity index (χ0) is 14.7. The number of anilines is 1. The van der Waals surface area contributed by atoms with E-state index in [1.54, 1.807) is 13.8 Å². The van der Waals surface area contributed by atoms with Crippen LogP contribution >= 0.6 is 0 Å². The maximum absolute atomic E-state index is 13.1. The monoisotopic (exact) mass is 272 g/mol. The molecule has 0 radical (unpaired) electrons. The Hall–Kier alpha value is -2.02. The molecule has 0 aliphatic rings. The standard InChI is InChI=1S/C12H14F2N2O3/c1-5(6(2)15)11(17)16-10-4-9(14)8(13)3-7(10)12(18)19/h3-6H,15H2,1-2H3,(H,16,17)(H,18,19). The Kier molecular flexibility index (Phi) is 4.55. The lowest BCUT2D eigenvalue weighted by Gasteiger charge is -2.16. The number of nitrogens with one attached hydrogen (secondary N) is 1. The van der Waals surface area contributed by atoms with Crippen LogP contribution in [0.25, 0.3) is 0 Å². The molecule has 1 aromatic rings. The van der Waals surface area contributed by atoms with Crippen LogP contribution < -0.4 is 11.1 Å². The number of aromatic carboxylic acids is 1. The molecule has 2 atom stereocenters. The molecule has 0 heterocycles. The fraction of sp³-hybridized carbons (Fsp3) is 0.333. The van der Waals surface area contributed by atoms with Crippen LogP contribution in [0, 0.1) is 17.6 Å². The van der Waals surface area contributed by atoms with E-state index < -0.39 is 41.0 Å². The Labute approximate surface area is 108 Å². The highest BCUT2D eigenvalue weighted by Crippen LogP contribution is 2.21. The minimum atomic E-state index is -1.47. The Bertz CT molecular complexity index is 518. The molecule has 104 valence electrons. The normalized spacial score (nSPS) is 13.7. The van der Waals surface area contributed by atoms with Crippen molar-refractivity contribution < 1.29 is 23.5 Å². The van der Waals surface area contributed by atoms with Gasteiger partial charge in [0.15, 0.2) is 11.6 Å². The lowest BCUT2D eigenvalue weighted by Crippen LogP contribution is -2.34. The van der Waals surface area contributed by atoms with Gasteiger partial charge in [-0.1, -0.05) is 6.92 Å². The first-order valence-electron chi connectivity index (χ1n) is 5.52. The Morgan fingerprint density at radius 3 is 2.26 bits per heavy atom. The zero-order valence-electron chi connectivity index (χ0n) is 10.4. The van der Waals surface area contributed by atoms with Gasteiger partial charge in [0.1, 0.15) is 0 Å². The Morgan fingerprint density at radius 1 is 1.26 bits per heavy atom. The van der Waals surface area contributed by atoms with Crippen LogP contribution in [-0.4, -0.2) is 23.0 Å². The Morgan fingerprint density at radius 2 is 1.79 bits per heavy atom. The van der Waals surface area contributed by atoms with Gasteiger partial charge in [-0.05, 0) is 13.0 Å². The molecule has 0 fully saturated rings. The molecule has 5 nitrogen and oxygen atoms in total. The third-order valence-electron chi connectivity index (χ3n) is 2.75. The van der Waals surface area contributed by atoms with Crippen molar-refractivity contribution in [2.75, 3.05) is 5.32 Å². The second-order valence-corrected chi connectivity index (χ2v) is 4.25. The number of benzene rings is 1. The first kappa shape index (κ1) is 15.0. The summed E-state index contributed by atoms with van der Waals surface area (Å²) in [4.78, 5) is 22.6. The van der Waals surface area contributed by atoms with E-state index in [1.807, 2.05) is 0 Å². The largest absolute Gasteiger partial charge is 0.478 e. The molecule has 0 saturated carbocycles. The van der Waals surface area contributed by atoms with E-state index in [-0.39, 0.29) is 5.69 Å². The van der Waals surface area contributed by atoms with Crippen LogP contribution in [0.5, 0.6) is 0 Å². The summed E-state index contributed by atoms with van der Waals surface area (Å²) in [6, 6.07) is 0.688. The van der Waals surface area contributed by atoms with Gasteiger partial charge in [0, 0.05) is 12.1 Å². The van der Waals surface area contributed by atoms with Gasteiger partial charge in [0.25, 0.3) is 0 Å². The van der Waals surface area contributed by atoms with Crippen molar-refractivity contribution in [3.05, 3.63) is 29.3 Å². The van der Waals surface area contributed by atoms with E-state index in [4.69, 9.17) is 10.8 Å². The number of halogens is 2. The summed E-state index contributed by atoms with van der Waals surface area (Å²) >= 11 is 0. The van der Waals surface area contributed by atoms with Crippen molar-refractivity contribution in [1.82, 2.24) is 0 Å². The van der Waals surface area contributed by atoms with Crippen molar-refractivity contribution in [3.63, 3.8) is 0 Å². The van der Waals surface area contributed by atoms with Crippen LogP contribution in [-0.2, 0) is 4.79 Å². The number of amides is 1. The summed E-state index contributed by atoms with van der Waals surface area (Å²) in [5, 5.41) is 11.1. The second-order valence-electron chi connectivity index (χ2n) is 4.25. The van der Waals surface area contributed by atoms with Crippen LogP contribution in [0.3, 0.4) is 0 Å². The average Bonchev–Trinajstić information content (AvgIpc) is 2.31. The molecule has 1 rings (SSSR count). The number of hydrogen-bond acceptors (Lipinski definition) is 3. The number of carbonyl (C=O) groups excluding carboxylic acids is 1. The van der Waals surface area contributed by atoms with Gasteiger partial charge in [-0.3, -0.25) is 4.79 Å². The minimum Gasteiger partial charge on any atom is -0.478 e. The lowest BCUT2D eigenvalue weighted by atomic mass is 10.0. The number of nitrogens with two attached hydrogens (primary N) is 1. The van der Waals surface area contributed by atoms with Crippen molar-refractivity contribution in [3.8, 4) is 0 Å². The number of carboxylic acid groups (broad SMARTS) is 1. The van der Waals surface area contributed by atoms with Crippen molar-refractivity contribution in [2.45, 2.75) is 19.9 Å². The fourth-order valence-electron chi connectivity index (χ4n) is 1.31. The number of carboxylic acids is 1. The maximum atomic E-state index is 13.1. The van der Waals surface area contributed by atoms with Crippen LogP contribution in [0.2, 0.25) is 0 Å². The molecule has 1 aromatic carbocycles. The highest BCUT2D eigenvalue weighted by atomic mass is 19.2. The highest BCUT2D eigenvalue weighted by Gasteiger charge is 2.21. The van der Waals surface area contributed by atoms with Crippen molar-refractivity contribution in [1.29, 1.82) is 0 Å². The van der Waals surface area contributed by atoms with E-state index in [1.165, 1.54) is 0 Å². The summed E-state index contributed by atoms with van der Waals surface area (Å²) in [6.07, 6.45) is 0. The minimum absolute atomic E-state index is 0.302. The van der Waals surface area contributed by atoms with Crippen molar-refractivity contribution >= 4 is 17.6 Å². The molecule has 0 spiro atoms. The molecule has 2 unspecified atom stereocenters. The van der Waals surface area contributed by atoms with Crippen LogP contribution in [0.1, 0.15) is 24.2 Å². The SMILES string of the molecule is CC(N)C(C)C(=O)Nc1cc(F)c(F)cc1C(=O)O. The highest BCUT2D eigenvalue weighted by molar-refractivity contribution is 6.01. The fourth-order valence-corrected chi connectivity index (χ4v) is 1.31. The smallest absolute Gasteiger partial charge is 0.337 e. The molecule has 0 saturated heterocycles. The van der Waals surface area contributed by atoms with Gasteiger partial charge >= 0.3 is 5.97 Å². The van der Waals surface area contributed by atoms with Gasteiger partial charge in [0.2, 0.25) is 5.91 Å². The summed E-state index contributed by atoms with van der Waals surface area (Å²) < 4.78 is 26.1. The molecular formula is C12H14F2N2O3. The lowest BCUT2D eigenvalue weighted by molar-refractivity contribution is -0.119. The molecule has 4 N–H and O–H groups in total. The molecule has 1 amide bonds. The second kappa shape index (κ2) is 5.75. The zero-order valence-corrected chi connectivity index (χ0v) is 10.4. The average molecular weight is 272 g/mol. The topological polar surface area (TPSA) is 92.4 Å². The molecule has 19 heavy (non-hydrogen) atoms. The van der Waals surface area contributed by atoms with Gasteiger partial charge in [0.05, 0.1) is 17.2 Å². The maximum Gasteiger partial charge on any atom is 0.337 e. The van der Waals surface area contributed by atoms with E-state index in [9.17, 15) is 18.4 Å². The van der Waals surface area contributed by atoms with Crippen LogP contribution in [0.4, 0.5) is 14.5 Å². The van der Waals surface area contributed by atoms with E-state index in [0.717, 1.165) is 0 Å². The molecule has 0 aromatic heterocycles. The molecule has 0 aliphatic carbocycles. The quantitative estimate of drug-likeness (QED) is 0.776. The van der Waals surface area contributed by atoms with Gasteiger partial charge in [-0.15, -0.1) is 0 Å². The van der Waals surface area contributed by atoms with Crippen molar-refractivity contribution in [2.24, 2.45) is 11.7 Å². The first-order chi connectivity index (χ1) is 8.73. The summed E-state index contributed by atoms with van der Waals surface area (Å²) in [5.74, 6) is -5.18. The number of carbonyl (C=O) groups is 2. The summed E-state index contributed by atoms with van der Waals surface area (Å²) in [6.45, 7) is 3.15. The Balaban J connectivity index is 3.10. The molecule has 0 bridgehead atoms. The van der Waals surface area contributed by atoms with Gasteiger partial charge in [-0.25, -0.2) is 13.6 Å². The number of rotatable bonds is 4. The number of hydrogen-bond donors (Lipinski definition) is 3. The predicted octanol–water partition coefficient (Wildman–Crippen LogP) is 1.58. The third-order valence-corrected chi connectivity index (χ3v) is 2.75. The molecular weight excluding hydrogens is 258 g/mol. The molecule has 7 heteroatoms. The third kappa shape index (κ3) is 3.47. The van der Waals surface area contributed by atoms with Gasteiger partial charge in [-0.2, -0.15) is 0 Å². The molecule has 0 aliphatic heterocycles. The summed E-state index contributed by atoms with van der Waals surface area (Å²) in [5.41, 5.74) is 4.71. The predicted molar refractivity (Wildman–Crippen MR) is 64.8 cm³/mol. The van der Waals surface area contributed by atoms with Crippen LogP contribution in [0.15, 0.2) is 12.1 Å². The first-order valence-corrected chi connectivity index (χ1v) is 5.52. The van der Waals surface area contributed by atoms with E-state index in [0.29, 0.717) is 12.1 Å².